The molecular formula is C16H26N2O4. The molecule has 0 aliphatic rings. The number of hydrogen-bond acceptors (Lipinski definition) is 5. The van der Waals surface area contributed by atoms with Gasteiger partial charge in [-0.15, -0.1) is 0 Å². The molecule has 124 valence electrons. The van der Waals surface area contributed by atoms with Gasteiger partial charge < -0.3 is 24.8 Å². The first-order chi connectivity index (χ1) is 10.8. The van der Waals surface area contributed by atoms with Crippen LogP contribution in [0, 0.1) is 0 Å². The molecule has 0 unspecified atom stereocenters. The van der Waals surface area contributed by atoms with Crippen LogP contribution in [0.4, 0.5) is 5.69 Å². The lowest BCUT2D eigenvalue weighted by molar-refractivity contribution is -0.117. The lowest BCUT2D eigenvalue weighted by atomic mass is 10.3. The second-order valence-corrected chi connectivity index (χ2v) is 4.59. The minimum absolute atomic E-state index is 0.0789. The molecule has 0 bridgehead atoms. The van der Waals surface area contributed by atoms with E-state index in [1.54, 1.807) is 6.07 Å². The third-order valence-electron chi connectivity index (χ3n) is 2.77. The van der Waals surface area contributed by atoms with Crippen molar-refractivity contribution in [2.75, 3.05) is 51.9 Å². The number of likely N-dealkylation sites (N-methyl/N-ethyl adjacent to an activating group) is 1. The van der Waals surface area contributed by atoms with Crippen LogP contribution in [0.3, 0.4) is 0 Å². The Hall–Kier alpha value is -1.63. The van der Waals surface area contributed by atoms with Crippen molar-refractivity contribution in [3.63, 3.8) is 0 Å². The van der Waals surface area contributed by atoms with Gasteiger partial charge in [0, 0.05) is 18.3 Å². The highest BCUT2D eigenvalue weighted by Crippen LogP contribution is 2.17. The second-order valence-electron chi connectivity index (χ2n) is 4.59. The van der Waals surface area contributed by atoms with Gasteiger partial charge in [-0.25, -0.2) is 0 Å². The number of nitrogens with one attached hydrogen (secondary N) is 2. The molecule has 0 spiro atoms. The van der Waals surface area contributed by atoms with Crippen molar-refractivity contribution in [1.29, 1.82) is 0 Å². The number of ether oxygens (including phenoxy) is 3. The summed E-state index contributed by atoms with van der Waals surface area (Å²) in [6.07, 6.45) is 0.315. The van der Waals surface area contributed by atoms with Crippen molar-refractivity contribution >= 4 is 11.6 Å². The van der Waals surface area contributed by atoms with Crippen LogP contribution in [-0.4, -0.2) is 52.5 Å². The Labute approximate surface area is 132 Å². The van der Waals surface area contributed by atoms with E-state index < -0.39 is 0 Å². The van der Waals surface area contributed by atoms with Gasteiger partial charge in [-0.05, 0) is 26.1 Å². The number of carbonyl (C=O) groups is 1. The van der Waals surface area contributed by atoms with Crippen LogP contribution in [0.1, 0.15) is 13.3 Å². The molecule has 0 aliphatic carbocycles. The first kappa shape index (κ1) is 18.4. The molecule has 6 heteroatoms. The molecule has 2 N–H and O–H groups in total. The molecule has 1 aromatic carbocycles. The molecule has 22 heavy (non-hydrogen) atoms. The summed E-state index contributed by atoms with van der Waals surface area (Å²) in [4.78, 5) is 11.8. The van der Waals surface area contributed by atoms with Crippen LogP contribution in [0.15, 0.2) is 24.3 Å². The molecule has 0 fully saturated rings. The molecule has 0 aliphatic heterocycles. The standard InChI is InChI=1S/C16H26N2O4/c1-3-22-15-6-4-5-14(13-15)18-16(19)7-9-20-11-12-21-10-8-17-2/h4-6,13,17H,3,7-12H2,1-2H3,(H,18,19). The van der Waals surface area contributed by atoms with E-state index in [1.807, 2.05) is 32.2 Å². The molecule has 0 saturated carbocycles. The van der Waals surface area contributed by atoms with E-state index in [0.29, 0.717) is 39.5 Å². The molecule has 1 rings (SSSR count). The van der Waals surface area contributed by atoms with Gasteiger partial charge in [-0.1, -0.05) is 6.07 Å². The van der Waals surface area contributed by atoms with Crippen LogP contribution in [0.25, 0.3) is 0 Å². The van der Waals surface area contributed by atoms with Gasteiger partial charge in [-0.3, -0.25) is 4.79 Å². The molecular weight excluding hydrogens is 284 g/mol. The monoisotopic (exact) mass is 310 g/mol. The first-order valence-corrected chi connectivity index (χ1v) is 7.59. The minimum Gasteiger partial charge on any atom is -0.494 e. The van der Waals surface area contributed by atoms with E-state index >= 15 is 0 Å². The average Bonchev–Trinajstić information content (AvgIpc) is 2.50. The Morgan fingerprint density at radius 2 is 1.91 bits per heavy atom. The molecule has 6 nitrogen and oxygen atoms in total. The molecule has 0 heterocycles. The number of benzene rings is 1. The van der Waals surface area contributed by atoms with E-state index in [9.17, 15) is 4.79 Å². The van der Waals surface area contributed by atoms with Gasteiger partial charge in [0.25, 0.3) is 0 Å². The predicted octanol–water partition coefficient (Wildman–Crippen LogP) is 1.67. The van der Waals surface area contributed by atoms with Gasteiger partial charge in [-0.2, -0.15) is 0 Å². The third-order valence-corrected chi connectivity index (χ3v) is 2.77. The molecule has 0 radical (unpaired) electrons. The fourth-order valence-electron chi connectivity index (χ4n) is 1.71. The highest BCUT2D eigenvalue weighted by molar-refractivity contribution is 5.90. The average molecular weight is 310 g/mol. The minimum atomic E-state index is -0.0789. The smallest absolute Gasteiger partial charge is 0.226 e. The third kappa shape index (κ3) is 8.61. The highest BCUT2D eigenvalue weighted by atomic mass is 16.5. The van der Waals surface area contributed by atoms with E-state index in [0.717, 1.165) is 18.0 Å². The van der Waals surface area contributed by atoms with Crippen LogP contribution >= 0.6 is 0 Å². The lowest BCUT2D eigenvalue weighted by Gasteiger charge is -2.08. The van der Waals surface area contributed by atoms with Gasteiger partial charge in [0.2, 0.25) is 5.91 Å². The Morgan fingerprint density at radius 1 is 1.14 bits per heavy atom. The Balaban J connectivity index is 2.12. The molecule has 1 amide bonds. The SMILES string of the molecule is CCOc1cccc(NC(=O)CCOCCOCCNC)c1. The van der Waals surface area contributed by atoms with E-state index in [4.69, 9.17) is 14.2 Å². The summed E-state index contributed by atoms with van der Waals surface area (Å²) in [6, 6.07) is 7.34. The lowest BCUT2D eigenvalue weighted by Crippen LogP contribution is -2.17. The van der Waals surface area contributed by atoms with Gasteiger partial charge >= 0.3 is 0 Å². The number of anilines is 1. The van der Waals surface area contributed by atoms with Crippen molar-refractivity contribution in [1.82, 2.24) is 5.32 Å². The summed E-state index contributed by atoms with van der Waals surface area (Å²) in [5, 5.41) is 5.81. The van der Waals surface area contributed by atoms with Crippen LogP contribution in [0.5, 0.6) is 5.75 Å². The zero-order valence-corrected chi connectivity index (χ0v) is 13.4. The zero-order valence-electron chi connectivity index (χ0n) is 13.4. The van der Waals surface area contributed by atoms with Crippen LogP contribution in [0.2, 0.25) is 0 Å². The second kappa shape index (κ2) is 12.0. The van der Waals surface area contributed by atoms with Gasteiger partial charge in [0.05, 0.1) is 39.5 Å². The maximum atomic E-state index is 11.8. The predicted molar refractivity (Wildman–Crippen MR) is 86.4 cm³/mol. The highest BCUT2D eigenvalue weighted by Gasteiger charge is 2.03. The maximum absolute atomic E-state index is 11.8. The van der Waals surface area contributed by atoms with E-state index in [2.05, 4.69) is 10.6 Å². The van der Waals surface area contributed by atoms with Gasteiger partial charge in [0.1, 0.15) is 5.75 Å². The summed E-state index contributed by atoms with van der Waals surface area (Å²) >= 11 is 0. The number of hydrogen-bond donors (Lipinski definition) is 2. The summed E-state index contributed by atoms with van der Waals surface area (Å²) < 4.78 is 16.1. The number of rotatable bonds is 12. The largest absolute Gasteiger partial charge is 0.494 e. The normalized spacial score (nSPS) is 10.5. The van der Waals surface area contributed by atoms with Crippen LogP contribution in [-0.2, 0) is 14.3 Å². The summed E-state index contributed by atoms with van der Waals surface area (Å²) in [5.41, 5.74) is 0.728. The van der Waals surface area contributed by atoms with Gasteiger partial charge in [0.15, 0.2) is 0 Å². The van der Waals surface area contributed by atoms with Crippen LogP contribution < -0.4 is 15.4 Å². The summed E-state index contributed by atoms with van der Waals surface area (Å²) in [6.45, 7) is 5.43. The molecule has 1 aromatic rings. The molecule has 0 saturated heterocycles. The van der Waals surface area contributed by atoms with Crippen molar-refractivity contribution in [3.8, 4) is 5.75 Å². The van der Waals surface area contributed by atoms with E-state index in [1.165, 1.54) is 0 Å². The fraction of sp³-hybridized carbons (Fsp3) is 0.562. The summed E-state index contributed by atoms with van der Waals surface area (Å²) in [7, 11) is 1.88. The zero-order chi connectivity index (χ0) is 16.0. The fourth-order valence-corrected chi connectivity index (χ4v) is 1.71. The maximum Gasteiger partial charge on any atom is 0.226 e. The molecule has 0 atom stereocenters. The Bertz CT molecular complexity index is 426. The number of amides is 1. The quantitative estimate of drug-likeness (QED) is 0.575. The summed E-state index contributed by atoms with van der Waals surface area (Å²) in [5.74, 6) is 0.667. The Kier molecular flexibility index (Phi) is 10.0. The van der Waals surface area contributed by atoms with Crippen molar-refractivity contribution in [2.24, 2.45) is 0 Å². The van der Waals surface area contributed by atoms with Crippen molar-refractivity contribution in [3.05, 3.63) is 24.3 Å². The van der Waals surface area contributed by atoms with E-state index in [-0.39, 0.29) is 5.91 Å². The molecule has 0 aromatic heterocycles. The Morgan fingerprint density at radius 3 is 2.64 bits per heavy atom. The topological polar surface area (TPSA) is 68.8 Å². The van der Waals surface area contributed by atoms with Crippen molar-refractivity contribution in [2.45, 2.75) is 13.3 Å². The first-order valence-electron chi connectivity index (χ1n) is 7.59. The number of carbonyl (C=O) groups excluding carboxylic acids is 1. The van der Waals surface area contributed by atoms with Crippen molar-refractivity contribution < 1.29 is 19.0 Å².